The minimum atomic E-state index is -0.534. The third-order valence-electron chi connectivity index (χ3n) is 5.04. The zero-order valence-corrected chi connectivity index (χ0v) is 19.4. The Kier molecular flexibility index (Phi) is 5.93. The van der Waals surface area contributed by atoms with Gasteiger partial charge in [-0.1, -0.05) is 29.5 Å². The third-order valence-corrected chi connectivity index (χ3v) is 6.94. The number of thiophene rings is 1. The quantitative estimate of drug-likeness (QED) is 0.558. The highest BCUT2D eigenvalue weighted by Gasteiger charge is 2.33. The number of hydrogen-bond donors (Lipinski definition) is 0. The molecule has 0 saturated carbocycles. The molecule has 0 N–H and O–H groups in total. The molecule has 1 aliphatic heterocycles. The lowest BCUT2D eigenvalue weighted by Crippen LogP contribution is -2.39. The molecular weight excluding hydrogens is 430 g/mol. The van der Waals surface area contributed by atoms with Crippen molar-refractivity contribution >= 4 is 40.4 Å². The Morgan fingerprint density at radius 3 is 2.61 bits per heavy atom. The summed E-state index contributed by atoms with van der Waals surface area (Å²) in [6.45, 7) is 3.83. The molecule has 6 nitrogen and oxygen atoms in total. The summed E-state index contributed by atoms with van der Waals surface area (Å²) in [7, 11) is 3.97. The number of carbonyl (C=O) groups excluding carboxylic acids is 1. The Morgan fingerprint density at radius 2 is 2.00 bits per heavy atom. The van der Waals surface area contributed by atoms with Gasteiger partial charge in [0.2, 0.25) is 0 Å². The predicted octanol–water partition coefficient (Wildman–Crippen LogP) is 2.93. The maximum absolute atomic E-state index is 13.4. The number of thiazole rings is 1. The number of fused-ring (bicyclic) bond motifs is 1. The van der Waals surface area contributed by atoms with E-state index in [1.54, 1.807) is 18.4 Å². The fourth-order valence-electron chi connectivity index (χ4n) is 3.53. The van der Waals surface area contributed by atoms with Crippen molar-refractivity contribution in [2.75, 3.05) is 25.6 Å². The molecule has 0 amide bonds. The molecule has 160 valence electrons. The number of ether oxygens (including phenoxy) is 1. The van der Waals surface area contributed by atoms with E-state index in [0.29, 0.717) is 20.6 Å². The van der Waals surface area contributed by atoms with Gasteiger partial charge in [0.05, 0.1) is 22.4 Å². The van der Waals surface area contributed by atoms with Crippen molar-refractivity contribution in [3.63, 3.8) is 0 Å². The lowest BCUT2D eigenvalue weighted by atomic mass is 10.0. The first-order valence-electron chi connectivity index (χ1n) is 9.91. The van der Waals surface area contributed by atoms with Gasteiger partial charge in [-0.3, -0.25) is 9.36 Å². The normalized spacial score (nSPS) is 16.1. The number of allylic oxidation sites excluding steroid dienone is 1. The predicted molar refractivity (Wildman–Crippen MR) is 125 cm³/mol. The minimum absolute atomic E-state index is 0.159. The second-order valence-corrected chi connectivity index (χ2v) is 9.29. The van der Waals surface area contributed by atoms with Gasteiger partial charge in [-0.25, -0.2) is 9.79 Å². The average Bonchev–Trinajstić information content (AvgIpc) is 3.36. The van der Waals surface area contributed by atoms with Crippen LogP contribution >= 0.6 is 22.7 Å². The summed E-state index contributed by atoms with van der Waals surface area (Å²) in [5, 5.41) is 1.94. The molecule has 3 aromatic rings. The Bertz CT molecular complexity index is 1310. The molecular formula is C23H23N3O3S2. The van der Waals surface area contributed by atoms with Gasteiger partial charge >= 0.3 is 5.97 Å². The topological polar surface area (TPSA) is 63.9 Å². The first-order valence-corrected chi connectivity index (χ1v) is 11.6. The number of esters is 1. The summed E-state index contributed by atoms with van der Waals surface area (Å²) < 4.78 is 7.49. The summed E-state index contributed by atoms with van der Waals surface area (Å²) >= 11 is 2.84. The van der Waals surface area contributed by atoms with E-state index in [2.05, 4.69) is 4.99 Å². The average molecular weight is 454 g/mol. The van der Waals surface area contributed by atoms with Gasteiger partial charge in [-0.15, -0.1) is 11.3 Å². The monoisotopic (exact) mass is 453 g/mol. The molecule has 31 heavy (non-hydrogen) atoms. The van der Waals surface area contributed by atoms with Crippen LogP contribution in [-0.2, 0) is 9.53 Å². The van der Waals surface area contributed by atoms with Gasteiger partial charge in [0, 0.05) is 24.7 Å². The van der Waals surface area contributed by atoms with Gasteiger partial charge in [-0.05, 0) is 49.1 Å². The van der Waals surface area contributed by atoms with Crippen LogP contribution in [0.2, 0.25) is 0 Å². The second-order valence-electron chi connectivity index (χ2n) is 7.30. The Labute approximate surface area is 188 Å². The molecule has 1 aliphatic rings. The van der Waals surface area contributed by atoms with Gasteiger partial charge in [0.25, 0.3) is 5.56 Å². The number of carbonyl (C=O) groups is 1. The van der Waals surface area contributed by atoms with Crippen molar-refractivity contribution in [3.05, 3.63) is 83.2 Å². The third kappa shape index (κ3) is 4.00. The highest BCUT2D eigenvalue weighted by molar-refractivity contribution is 7.10. The lowest BCUT2D eigenvalue weighted by Gasteiger charge is -2.23. The molecule has 0 spiro atoms. The molecule has 3 heterocycles. The second kappa shape index (κ2) is 8.64. The highest BCUT2D eigenvalue weighted by atomic mass is 32.1. The number of hydrogen-bond acceptors (Lipinski definition) is 7. The first kappa shape index (κ1) is 21.3. The van der Waals surface area contributed by atoms with Crippen LogP contribution in [0.4, 0.5) is 5.69 Å². The Morgan fingerprint density at radius 1 is 1.26 bits per heavy atom. The molecule has 2 aromatic heterocycles. The largest absolute Gasteiger partial charge is 0.463 e. The van der Waals surface area contributed by atoms with E-state index in [9.17, 15) is 9.59 Å². The van der Waals surface area contributed by atoms with E-state index in [1.165, 1.54) is 22.7 Å². The zero-order valence-electron chi connectivity index (χ0n) is 17.8. The standard InChI is InChI=1S/C23H23N3O3S2/c1-5-29-22(28)19-14(2)24-23-26(20(19)17-7-6-12-30-17)21(27)18(31-23)13-15-8-10-16(11-9-15)25(3)4/h6-13,20H,5H2,1-4H3/b18-13-. The van der Waals surface area contributed by atoms with E-state index in [1.807, 2.05) is 66.8 Å². The van der Waals surface area contributed by atoms with E-state index < -0.39 is 12.0 Å². The first-order chi connectivity index (χ1) is 14.9. The summed E-state index contributed by atoms with van der Waals surface area (Å²) in [6, 6.07) is 11.3. The molecule has 0 fully saturated rings. The summed E-state index contributed by atoms with van der Waals surface area (Å²) in [5.74, 6) is -0.435. The fraction of sp³-hybridized carbons (Fsp3) is 0.261. The molecule has 1 atom stereocenters. The van der Waals surface area contributed by atoms with Crippen LogP contribution in [0.3, 0.4) is 0 Å². The van der Waals surface area contributed by atoms with Crippen molar-refractivity contribution in [1.82, 2.24) is 4.57 Å². The molecule has 4 rings (SSSR count). The van der Waals surface area contributed by atoms with Crippen LogP contribution in [-0.4, -0.2) is 31.2 Å². The number of benzene rings is 1. The van der Waals surface area contributed by atoms with Gasteiger partial charge in [0.1, 0.15) is 6.04 Å². The minimum Gasteiger partial charge on any atom is -0.463 e. The lowest BCUT2D eigenvalue weighted by molar-refractivity contribution is -0.139. The summed E-state index contributed by atoms with van der Waals surface area (Å²) in [6.07, 6.45) is 1.87. The molecule has 0 aliphatic carbocycles. The highest BCUT2D eigenvalue weighted by Crippen LogP contribution is 2.33. The van der Waals surface area contributed by atoms with Crippen LogP contribution < -0.4 is 19.8 Å². The van der Waals surface area contributed by atoms with Crippen molar-refractivity contribution < 1.29 is 9.53 Å². The summed E-state index contributed by atoms with van der Waals surface area (Å²) in [4.78, 5) is 34.3. The van der Waals surface area contributed by atoms with E-state index >= 15 is 0 Å². The van der Waals surface area contributed by atoms with Crippen molar-refractivity contribution in [1.29, 1.82) is 0 Å². The number of rotatable bonds is 5. The Hall–Kier alpha value is -2.97. The maximum Gasteiger partial charge on any atom is 0.338 e. The number of anilines is 1. The number of aromatic nitrogens is 1. The molecule has 1 unspecified atom stereocenters. The molecule has 0 bridgehead atoms. The molecule has 0 radical (unpaired) electrons. The summed E-state index contributed by atoms with van der Waals surface area (Å²) in [5.41, 5.74) is 2.86. The fourth-order valence-corrected chi connectivity index (χ4v) is 5.40. The van der Waals surface area contributed by atoms with E-state index in [-0.39, 0.29) is 12.2 Å². The van der Waals surface area contributed by atoms with Crippen LogP contribution in [0.15, 0.2) is 62.8 Å². The van der Waals surface area contributed by atoms with Crippen molar-refractivity contribution in [2.45, 2.75) is 19.9 Å². The van der Waals surface area contributed by atoms with Gasteiger partial charge in [0.15, 0.2) is 4.80 Å². The smallest absolute Gasteiger partial charge is 0.338 e. The maximum atomic E-state index is 13.4. The van der Waals surface area contributed by atoms with E-state index in [0.717, 1.165) is 16.1 Å². The molecule has 1 aromatic carbocycles. The van der Waals surface area contributed by atoms with Gasteiger partial charge < -0.3 is 9.64 Å². The van der Waals surface area contributed by atoms with Crippen LogP contribution in [0.1, 0.15) is 30.3 Å². The van der Waals surface area contributed by atoms with Crippen molar-refractivity contribution in [3.8, 4) is 0 Å². The molecule has 0 saturated heterocycles. The van der Waals surface area contributed by atoms with Crippen molar-refractivity contribution in [2.24, 2.45) is 4.99 Å². The number of nitrogens with zero attached hydrogens (tertiary/aromatic N) is 3. The SMILES string of the molecule is CCOC(=O)C1=C(C)N=c2s/c(=C\c3ccc(N(C)C)cc3)c(=O)n2C1c1cccs1. The zero-order chi connectivity index (χ0) is 22.1. The van der Waals surface area contributed by atoms with E-state index in [4.69, 9.17) is 4.74 Å². The van der Waals surface area contributed by atoms with Crippen LogP contribution in [0, 0.1) is 0 Å². The molecule has 8 heteroatoms. The van der Waals surface area contributed by atoms with Crippen LogP contribution in [0.5, 0.6) is 0 Å². The van der Waals surface area contributed by atoms with Crippen LogP contribution in [0.25, 0.3) is 6.08 Å². The van der Waals surface area contributed by atoms with Gasteiger partial charge in [-0.2, -0.15) is 0 Å². The Balaban J connectivity index is 1.87.